The molecule has 0 saturated heterocycles. The number of aliphatic hydroxyl groups is 1. The number of nitrogens with zero attached hydrogens (tertiary/aromatic N) is 4. The molecule has 12 heteroatoms. The number of azide groups is 1. The van der Waals surface area contributed by atoms with Gasteiger partial charge in [-0.3, -0.25) is 4.79 Å². The van der Waals surface area contributed by atoms with Crippen LogP contribution in [0.1, 0.15) is 41.2 Å². The summed E-state index contributed by atoms with van der Waals surface area (Å²) >= 11 is 0. The fourth-order valence-electron chi connectivity index (χ4n) is 4.55. The molecule has 0 radical (unpaired) electrons. The number of carbonyl (C=O) groups excluding carboxylic acids is 1. The van der Waals surface area contributed by atoms with E-state index in [9.17, 15) is 18.0 Å². The first kappa shape index (κ1) is 30.2. The highest BCUT2D eigenvalue weighted by molar-refractivity contribution is 6.01. The lowest BCUT2D eigenvalue weighted by molar-refractivity contribution is -0.137. The summed E-state index contributed by atoms with van der Waals surface area (Å²) in [6.07, 6.45) is -3.61. The highest BCUT2D eigenvalue weighted by Gasteiger charge is 2.53. The maximum absolute atomic E-state index is 13.9. The molecule has 9 nitrogen and oxygen atoms in total. The summed E-state index contributed by atoms with van der Waals surface area (Å²) in [5.41, 5.74) is 8.09. The molecule has 42 heavy (non-hydrogen) atoms. The SMILES string of the molecule is C=CC[C@@]1(C(=O)NCc2cccc(C(F)(F)F)c2)N=C(c2ccc(OCCCO)cc2)O[C@@H]1c1ccccc1N=[N+]=[N-]. The molecule has 0 unspecified atom stereocenters. The van der Waals surface area contributed by atoms with Crippen molar-refractivity contribution in [2.24, 2.45) is 10.1 Å². The molecule has 218 valence electrons. The molecule has 1 amide bonds. The maximum atomic E-state index is 13.9. The van der Waals surface area contributed by atoms with Crippen molar-refractivity contribution in [2.75, 3.05) is 13.2 Å². The van der Waals surface area contributed by atoms with Gasteiger partial charge in [0.05, 0.1) is 12.2 Å². The van der Waals surface area contributed by atoms with Crippen LogP contribution in [-0.4, -0.2) is 35.7 Å². The summed E-state index contributed by atoms with van der Waals surface area (Å²) in [6, 6.07) is 18.1. The molecule has 0 saturated carbocycles. The predicted molar refractivity (Wildman–Crippen MR) is 150 cm³/mol. The number of benzene rings is 3. The van der Waals surface area contributed by atoms with E-state index < -0.39 is 29.3 Å². The van der Waals surface area contributed by atoms with Crippen LogP contribution in [0.25, 0.3) is 10.4 Å². The van der Waals surface area contributed by atoms with Gasteiger partial charge in [-0.15, -0.1) is 6.58 Å². The average Bonchev–Trinajstić information content (AvgIpc) is 3.37. The number of aliphatic imine (C=N–C) groups is 1. The number of halogens is 3. The smallest absolute Gasteiger partial charge is 0.416 e. The number of aliphatic hydroxyl groups excluding tert-OH is 1. The van der Waals surface area contributed by atoms with Crippen LogP contribution in [0.2, 0.25) is 0 Å². The first-order chi connectivity index (χ1) is 20.2. The van der Waals surface area contributed by atoms with Crippen LogP contribution in [-0.2, 0) is 22.3 Å². The van der Waals surface area contributed by atoms with Gasteiger partial charge >= 0.3 is 6.18 Å². The van der Waals surface area contributed by atoms with Gasteiger partial charge in [-0.05, 0) is 47.5 Å². The van der Waals surface area contributed by atoms with Crippen molar-refractivity contribution in [2.45, 2.75) is 37.2 Å². The van der Waals surface area contributed by atoms with Gasteiger partial charge in [0.15, 0.2) is 11.6 Å². The van der Waals surface area contributed by atoms with Gasteiger partial charge in [-0.25, -0.2) is 4.99 Å². The van der Waals surface area contributed by atoms with E-state index >= 15 is 0 Å². The molecule has 1 aliphatic heterocycles. The molecule has 4 rings (SSSR count). The summed E-state index contributed by atoms with van der Waals surface area (Å²) in [5.74, 6) is 0.0838. The van der Waals surface area contributed by atoms with Crippen molar-refractivity contribution >= 4 is 17.5 Å². The number of nitrogens with one attached hydrogen (secondary N) is 1. The molecular formula is C30H28F3N5O4. The van der Waals surface area contributed by atoms with E-state index in [1.165, 1.54) is 18.2 Å². The van der Waals surface area contributed by atoms with Gasteiger partial charge in [0.25, 0.3) is 5.91 Å². The Labute approximate surface area is 239 Å². The lowest BCUT2D eigenvalue weighted by Gasteiger charge is -2.30. The topological polar surface area (TPSA) is 129 Å². The van der Waals surface area contributed by atoms with Gasteiger partial charge < -0.3 is 19.9 Å². The van der Waals surface area contributed by atoms with E-state index in [0.717, 1.165) is 12.1 Å². The highest BCUT2D eigenvalue weighted by Crippen LogP contribution is 2.45. The van der Waals surface area contributed by atoms with E-state index in [0.29, 0.717) is 29.9 Å². The average molecular weight is 580 g/mol. The summed E-state index contributed by atoms with van der Waals surface area (Å²) in [4.78, 5) is 21.6. The molecule has 0 aromatic heterocycles. The third-order valence-corrected chi connectivity index (χ3v) is 6.56. The first-order valence-electron chi connectivity index (χ1n) is 13.0. The normalized spacial score (nSPS) is 17.9. The number of amides is 1. The van der Waals surface area contributed by atoms with Crippen molar-refractivity contribution in [1.29, 1.82) is 0 Å². The van der Waals surface area contributed by atoms with Crippen LogP contribution < -0.4 is 10.1 Å². The molecule has 3 aromatic rings. The lowest BCUT2D eigenvalue weighted by Crippen LogP contribution is -2.47. The molecule has 3 aromatic carbocycles. The molecule has 0 aliphatic carbocycles. The second-order valence-electron chi connectivity index (χ2n) is 9.41. The van der Waals surface area contributed by atoms with Crippen molar-refractivity contribution in [1.82, 2.24) is 5.32 Å². The molecule has 0 spiro atoms. The second-order valence-corrected chi connectivity index (χ2v) is 9.41. The van der Waals surface area contributed by atoms with Crippen LogP contribution in [0, 0.1) is 0 Å². The van der Waals surface area contributed by atoms with E-state index in [2.05, 4.69) is 21.9 Å². The van der Waals surface area contributed by atoms with Crippen molar-refractivity contribution < 1.29 is 32.5 Å². The zero-order valence-corrected chi connectivity index (χ0v) is 22.4. The number of carbonyl (C=O) groups is 1. The standard InChI is InChI=1S/C30H28F3N5O4/c1-2-15-29(28(40)35-19-20-7-5-8-22(18-20)30(31,32)33)26(24-9-3-4-10-25(24)37-38-34)42-27(36-29)21-11-13-23(14-12-21)41-17-6-16-39/h2-5,7-14,18,26,39H,1,6,15-17,19H2,(H,35,40)/t26-,29-/m1/s1. The van der Waals surface area contributed by atoms with Crippen LogP contribution >= 0.6 is 0 Å². The third kappa shape index (κ3) is 6.73. The Hall–Kier alpha value is -4.80. The largest absolute Gasteiger partial charge is 0.494 e. The van der Waals surface area contributed by atoms with Gasteiger partial charge in [-0.2, -0.15) is 13.2 Å². The molecule has 1 heterocycles. The Kier molecular flexibility index (Phi) is 9.51. The molecule has 1 aliphatic rings. The number of hydrogen-bond donors (Lipinski definition) is 2. The number of ether oxygens (including phenoxy) is 2. The quantitative estimate of drug-likeness (QED) is 0.0828. The Bertz CT molecular complexity index is 1500. The van der Waals surface area contributed by atoms with Crippen molar-refractivity contribution in [3.63, 3.8) is 0 Å². The second kappa shape index (κ2) is 13.2. The van der Waals surface area contributed by atoms with Crippen LogP contribution in [0.3, 0.4) is 0 Å². The third-order valence-electron chi connectivity index (χ3n) is 6.56. The predicted octanol–water partition coefficient (Wildman–Crippen LogP) is 6.56. The summed E-state index contributed by atoms with van der Waals surface area (Å²) in [6.45, 7) is 3.93. The zero-order chi connectivity index (χ0) is 30.2. The van der Waals surface area contributed by atoms with E-state index in [1.54, 1.807) is 48.5 Å². The van der Waals surface area contributed by atoms with E-state index in [4.69, 9.17) is 25.1 Å². The van der Waals surface area contributed by atoms with E-state index in [1.807, 2.05) is 0 Å². The molecule has 0 bridgehead atoms. The molecule has 2 atom stereocenters. The monoisotopic (exact) mass is 579 g/mol. The van der Waals surface area contributed by atoms with Gasteiger partial charge in [0, 0.05) is 47.7 Å². The minimum atomic E-state index is -4.53. The number of rotatable bonds is 12. The van der Waals surface area contributed by atoms with Crippen LogP contribution in [0.15, 0.2) is 95.6 Å². The minimum absolute atomic E-state index is 0.00253. The number of hydrogen-bond acceptors (Lipinski definition) is 6. The molecule has 2 N–H and O–H groups in total. The first-order valence-corrected chi connectivity index (χ1v) is 13.0. The summed E-state index contributed by atoms with van der Waals surface area (Å²) in [5, 5.41) is 15.4. The van der Waals surface area contributed by atoms with Crippen LogP contribution in [0.5, 0.6) is 5.75 Å². The van der Waals surface area contributed by atoms with Gasteiger partial charge in [-0.1, -0.05) is 47.6 Å². The lowest BCUT2D eigenvalue weighted by atomic mass is 9.83. The maximum Gasteiger partial charge on any atom is 0.416 e. The molecular weight excluding hydrogens is 551 g/mol. The van der Waals surface area contributed by atoms with E-state index in [-0.39, 0.29) is 36.7 Å². The van der Waals surface area contributed by atoms with Gasteiger partial charge in [0.1, 0.15) is 5.75 Å². The minimum Gasteiger partial charge on any atom is -0.494 e. The molecule has 0 fully saturated rings. The highest BCUT2D eigenvalue weighted by atomic mass is 19.4. The fourth-order valence-corrected chi connectivity index (χ4v) is 4.55. The zero-order valence-electron chi connectivity index (χ0n) is 22.4. The Morgan fingerprint density at radius 2 is 1.95 bits per heavy atom. The number of alkyl halides is 3. The van der Waals surface area contributed by atoms with Crippen molar-refractivity contribution in [3.05, 3.63) is 118 Å². The Morgan fingerprint density at radius 3 is 2.64 bits per heavy atom. The van der Waals surface area contributed by atoms with Crippen molar-refractivity contribution in [3.8, 4) is 5.75 Å². The van der Waals surface area contributed by atoms with Gasteiger partial charge in [0.2, 0.25) is 5.90 Å². The fraction of sp³-hybridized carbons (Fsp3) is 0.267. The summed E-state index contributed by atoms with van der Waals surface area (Å²) in [7, 11) is 0. The van der Waals surface area contributed by atoms with Crippen LogP contribution in [0.4, 0.5) is 18.9 Å². The summed E-state index contributed by atoms with van der Waals surface area (Å²) < 4.78 is 51.6. The Morgan fingerprint density at radius 1 is 1.19 bits per heavy atom. The Balaban J connectivity index is 1.71.